The zero-order chi connectivity index (χ0) is 12.1. The molecule has 0 aromatic heterocycles. The van der Waals surface area contributed by atoms with Crippen molar-refractivity contribution in [2.24, 2.45) is 17.1 Å². The highest BCUT2D eigenvalue weighted by Gasteiger charge is 2.36. The third-order valence-corrected chi connectivity index (χ3v) is 4.77. The van der Waals surface area contributed by atoms with Crippen molar-refractivity contribution in [3.8, 4) is 0 Å². The summed E-state index contributed by atoms with van der Waals surface area (Å²) in [6.45, 7) is 3.26. The van der Waals surface area contributed by atoms with Crippen LogP contribution in [0.25, 0.3) is 0 Å². The largest absolute Gasteiger partial charge is 0.330 e. The van der Waals surface area contributed by atoms with Gasteiger partial charge in [-0.3, -0.25) is 0 Å². The van der Waals surface area contributed by atoms with E-state index in [0.717, 1.165) is 12.5 Å². The van der Waals surface area contributed by atoms with Crippen molar-refractivity contribution in [1.29, 1.82) is 0 Å². The van der Waals surface area contributed by atoms with Gasteiger partial charge in [-0.15, -0.1) is 0 Å². The van der Waals surface area contributed by atoms with Gasteiger partial charge in [0.2, 0.25) is 0 Å². The van der Waals surface area contributed by atoms with Crippen LogP contribution in [0.15, 0.2) is 30.3 Å². The Kier molecular flexibility index (Phi) is 4.22. The minimum absolute atomic E-state index is 0.411. The molecule has 0 saturated heterocycles. The average Bonchev–Trinajstić information content (AvgIpc) is 2.39. The maximum Gasteiger partial charge on any atom is -0.00179 e. The van der Waals surface area contributed by atoms with Crippen molar-refractivity contribution in [3.63, 3.8) is 0 Å². The SMILES string of the molecule is CC1CCCCC1(CN)CCc1ccccc1. The van der Waals surface area contributed by atoms with Crippen LogP contribution >= 0.6 is 0 Å². The van der Waals surface area contributed by atoms with Crippen LogP contribution < -0.4 is 5.73 Å². The average molecular weight is 231 g/mol. The molecule has 0 spiro atoms. The van der Waals surface area contributed by atoms with Crippen molar-refractivity contribution in [1.82, 2.24) is 0 Å². The second kappa shape index (κ2) is 5.68. The summed E-state index contributed by atoms with van der Waals surface area (Å²) in [6, 6.07) is 10.8. The van der Waals surface area contributed by atoms with Crippen molar-refractivity contribution >= 4 is 0 Å². The molecule has 2 N–H and O–H groups in total. The lowest BCUT2D eigenvalue weighted by Gasteiger charge is -2.42. The summed E-state index contributed by atoms with van der Waals surface area (Å²) < 4.78 is 0. The number of aryl methyl sites for hydroxylation is 1. The molecule has 1 saturated carbocycles. The van der Waals surface area contributed by atoms with Crippen molar-refractivity contribution in [2.75, 3.05) is 6.54 Å². The third-order valence-electron chi connectivity index (χ3n) is 4.77. The van der Waals surface area contributed by atoms with Gasteiger partial charge in [0.25, 0.3) is 0 Å². The zero-order valence-corrected chi connectivity index (χ0v) is 11.0. The number of rotatable bonds is 4. The first-order valence-corrected chi connectivity index (χ1v) is 7.01. The molecule has 0 radical (unpaired) electrons. The van der Waals surface area contributed by atoms with Crippen molar-refractivity contribution < 1.29 is 0 Å². The van der Waals surface area contributed by atoms with Crippen LogP contribution in [0.3, 0.4) is 0 Å². The lowest BCUT2D eigenvalue weighted by molar-refractivity contribution is 0.105. The van der Waals surface area contributed by atoms with E-state index in [0.29, 0.717) is 5.41 Å². The molecule has 2 atom stereocenters. The fraction of sp³-hybridized carbons (Fsp3) is 0.625. The second-order valence-electron chi connectivity index (χ2n) is 5.70. The van der Waals surface area contributed by atoms with Crippen LogP contribution in [-0.2, 0) is 6.42 Å². The van der Waals surface area contributed by atoms with E-state index in [1.807, 2.05) is 0 Å². The van der Waals surface area contributed by atoms with Crippen molar-refractivity contribution in [3.05, 3.63) is 35.9 Å². The number of hydrogen-bond donors (Lipinski definition) is 1. The Bertz CT molecular complexity index is 333. The molecule has 2 rings (SSSR count). The van der Waals surface area contributed by atoms with Crippen LogP contribution in [0.1, 0.15) is 44.6 Å². The molecule has 94 valence electrons. The van der Waals surface area contributed by atoms with Crippen LogP contribution in [0.5, 0.6) is 0 Å². The third kappa shape index (κ3) is 2.90. The molecule has 1 heteroatoms. The Morgan fingerprint density at radius 3 is 2.65 bits per heavy atom. The summed E-state index contributed by atoms with van der Waals surface area (Å²) in [6.07, 6.45) is 7.91. The Hall–Kier alpha value is -0.820. The van der Waals surface area contributed by atoms with Crippen LogP contribution in [0.2, 0.25) is 0 Å². The van der Waals surface area contributed by atoms with Gasteiger partial charge < -0.3 is 5.73 Å². The summed E-state index contributed by atoms with van der Waals surface area (Å²) in [5.74, 6) is 0.796. The molecule has 1 fully saturated rings. The van der Waals surface area contributed by atoms with Crippen LogP contribution in [-0.4, -0.2) is 6.54 Å². The Morgan fingerprint density at radius 1 is 1.24 bits per heavy atom. The first kappa shape index (κ1) is 12.6. The minimum Gasteiger partial charge on any atom is -0.330 e. The van der Waals surface area contributed by atoms with Crippen LogP contribution in [0.4, 0.5) is 0 Å². The van der Waals surface area contributed by atoms with Gasteiger partial charge in [-0.2, -0.15) is 0 Å². The summed E-state index contributed by atoms with van der Waals surface area (Å²) in [4.78, 5) is 0. The number of nitrogens with two attached hydrogens (primary N) is 1. The molecule has 1 aliphatic carbocycles. The maximum atomic E-state index is 6.09. The summed E-state index contributed by atoms with van der Waals surface area (Å²) in [5, 5.41) is 0. The van der Waals surface area contributed by atoms with E-state index in [4.69, 9.17) is 5.73 Å². The highest BCUT2D eigenvalue weighted by molar-refractivity contribution is 5.15. The molecule has 1 aromatic carbocycles. The monoisotopic (exact) mass is 231 g/mol. The van der Waals surface area contributed by atoms with Gasteiger partial charge in [0.15, 0.2) is 0 Å². The van der Waals surface area contributed by atoms with Gasteiger partial charge in [-0.1, -0.05) is 56.5 Å². The lowest BCUT2D eigenvalue weighted by atomic mass is 9.64. The number of benzene rings is 1. The van der Waals surface area contributed by atoms with Gasteiger partial charge in [-0.05, 0) is 42.7 Å². The summed E-state index contributed by atoms with van der Waals surface area (Å²) in [5.41, 5.74) is 7.96. The standard InChI is InChI=1S/C16H25N/c1-14-7-5-6-11-16(14,13-17)12-10-15-8-3-2-4-9-15/h2-4,8-9,14H,5-7,10-13,17H2,1H3. The molecule has 17 heavy (non-hydrogen) atoms. The predicted molar refractivity (Wildman–Crippen MR) is 73.9 cm³/mol. The molecule has 0 heterocycles. The van der Waals surface area contributed by atoms with Gasteiger partial charge in [0, 0.05) is 0 Å². The lowest BCUT2D eigenvalue weighted by Crippen LogP contribution is -2.39. The molecule has 0 amide bonds. The molecule has 1 nitrogen and oxygen atoms in total. The molecule has 1 aromatic rings. The smallest absolute Gasteiger partial charge is 0.00179 e. The van der Waals surface area contributed by atoms with Gasteiger partial charge in [-0.25, -0.2) is 0 Å². The molecule has 0 bridgehead atoms. The highest BCUT2D eigenvalue weighted by atomic mass is 14.6. The van der Waals surface area contributed by atoms with Crippen LogP contribution in [0, 0.1) is 11.3 Å². The quantitative estimate of drug-likeness (QED) is 0.838. The fourth-order valence-electron chi connectivity index (χ4n) is 3.29. The summed E-state index contributed by atoms with van der Waals surface area (Å²) >= 11 is 0. The second-order valence-corrected chi connectivity index (χ2v) is 5.70. The van der Waals surface area contributed by atoms with E-state index in [-0.39, 0.29) is 0 Å². The molecule has 2 unspecified atom stereocenters. The first-order valence-electron chi connectivity index (χ1n) is 7.01. The molecular weight excluding hydrogens is 206 g/mol. The minimum atomic E-state index is 0.411. The highest BCUT2D eigenvalue weighted by Crippen LogP contribution is 2.43. The van der Waals surface area contributed by atoms with Gasteiger partial charge in [0.1, 0.15) is 0 Å². The van der Waals surface area contributed by atoms with E-state index < -0.39 is 0 Å². The number of hydrogen-bond acceptors (Lipinski definition) is 1. The Labute approximate surface area is 105 Å². The normalized spacial score (nSPS) is 29.2. The van der Waals surface area contributed by atoms with Gasteiger partial charge in [0.05, 0.1) is 0 Å². The molecule has 0 aliphatic heterocycles. The van der Waals surface area contributed by atoms with E-state index >= 15 is 0 Å². The van der Waals surface area contributed by atoms with E-state index in [1.54, 1.807) is 0 Å². The van der Waals surface area contributed by atoms with E-state index in [9.17, 15) is 0 Å². The maximum absolute atomic E-state index is 6.09. The fourth-order valence-corrected chi connectivity index (χ4v) is 3.29. The van der Waals surface area contributed by atoms with Crippen molar-refractivity contribution in [2.45, 2.75) is 45.4 Å². The van der Waals surface area contributed by atoms with Gasteiger partial charge >= 0.3 is 0 Å². The topological polar surface area (TPSA) is 26.0 Å². The Morgan fingerprint density at radius 2 is 2.00 bits per heavy atom. The Balaban J connectivity index is 1.99. The summed E-state index contributed by atoms with van der Waals surface area (Å²) in [7, 11) is 0. The van der Waals surface area contributed by atoms with E-state index in [1.165, 1.54) is 44.1 Å². The first-order chi connectivity index (χ1) is 8.27. The van der Waals surface area contributed by atoms with E-state index in [2.05, 4.69) is 37.3 Å². The molecule has 1 aliphatic rings. The molecular formula is C16H25N. The zero-order valence-electron chi connectivity index (χ0n) is 11.0. The predicted octanol–water partition coefficient (Wildman–Crippen LogP) is 3.77.